The average Bonchev–Trinajstić information content (AvgIpc) is 4.05. The van der Waals surface area contributed by atoms with Crippen molar-refractivity contribution in [1.82, 2.24) is 19.5 Å². The highest BCUT2D eigenvalue weighted by molar-refractivity contribution is 6.17. The lowest BCUT2D eigenvalue weighted by Gasteiger charge is -2.21. The molecule has 10 aromatic carbocycles. The zero-order valence-electron chi connectivity index (χ0n) is 40.0. The molecule has 0 fully saturated rings. The van der Waals surface area contributed by atoms with Crippen molar-refractivity contribution in [2.75, 3.05) is 0 Å². The van der Waals surface area contributed by atoms with E-state index in [-0.39, 0.29) is 5.41 Å². The van der Waals surface area contributed by atoms with E-state index < -0.39 is 0 Å². The predicted octanol–water partition coefficient (Wildman–Crippen LogP) is 17.7. The van der Waals surface area contributed by atoms with Crippen LogP contribution in [0.15, 0.2) is 223 Å². The fourth-order valence-corrected chi connectivity index (χ4v) is 11.0. The third-order valence-electron chi connectivity index (χ3n) is 14.4. The topological polar surface area (TPSA) is 56.7 Å². The fraction of sp³-hybridized carbons (Fsp3) is 0.0758. The van der Waals surface area contributed by atoms with Crippen LogP contribution in [0.4, 0.5) is 0 Å². The van der Waals surface area contributed by atoms with Gasteiger partial charge in [0.1, 0.15) is 11.2 Å². The molecule has 0 aliphatic heterocycles. The third-order valence-corrected chi connectivity index (χ3v) is 14.4. The average molecular weight is 913 g/mol. The van der Waals surface area contributed by atoms with Crippen LogP contribution in [0.25, 0.3) is 128 Å². The van der Waals surface area contributed by atoms with Crippen LogP contribution < -0.4 is 0 Å². The molecule has 13 aromatic rings. The van der Waals surface area contributed by atoms with E-state index in [1.165, 1.54) is 54.9 Å². The number of nitrogens with zero attached hydrogens (tertiary/aromatic N) is 4. The lowest BCUT2D eigenvalue weighted by Crippen LogP contribution is -2.14. The number of hydrogen-bond donors (Lipinski definition) is 0. The van der Waals surface area contributed by atoms with Gasteiger partial charge < -0.3 is 8.98 Å². The molecule has 5 heteroatoms. The Morgan fingerprint density at radius 2 is 0.944 bits per heavy atom. The van der Waals surface area contributed by atoms with Crippen molar-refractivity contribution in [1.29, 1.82) is 0 Å². The summed E-state index contributed by atoms with van der Waals surface area (Å²) in [7, 11) is 0. The van der Waals surface area contributed by atoms with Gasteiger partial charge in [0.05, 0.1) is 11.0 Å². The van der Waals surface area contributed by atoms with Gasteiger partial charge in [-0.2, -0.15) is 0 Å². The standard InChI is InChI=1S/C64H42N4O.C2H6/c1-64(2)55-27-10-8-23-49(55)53-35-43(30-32-56(53)64)40-19-12-20-44(33-40)48-25-14-26-52-54-36-41-17-6-7-18-42(41)37-57(54)68(60(48)52)47-22-13-21-45(34-47)62-65-61(39-15-4-3-5-16-39)66-63(67-62)46-29-31-51-50-24-9-11-28-58(50)69-59(51)38-46;1-2/h3-38H,1-2H3;1-2H3. The summed E-state index contributed by atoms with van der Waals surface area (Å²) in [5, 5.41) is 6.92. The minimum absolute atomic E-state index is 0.0431. The van der Waals surface area contributed by atoms with Gasteiger partial charge in [0.25, 0.3) is 0 Å². The van der Waals surface area contributed by atoms with E-state index in [0.29, 0.717) is 17.5 Å². The second-order valence-corrected chi connectivity index (χ2v) is 18.8. The molecule has 0 saturated carbocycles. The predicted molar refractivity (Wildman–Crippen MR) is 295 cm³/mol. The van der Waals surface area contributed by atoms with E-state index in [4.69, 9.17) is 19.4 Å². The quantitative estimate of drug-likeness (QED) is 0.167. The Morgan fingerprint density at radius 1 is 0.366 bits per heavy atom. The summed E-state index contributed by atoms with van der Waals surface area (Å²) in [6.45, 7) is 8.67. The van der Waals surface area contributed by atoms with Crippen molar-refractivity contribution in [2.45, 2.75) is 33.1 Å². The van der Waals surface area contributed by atoms with E-state index in [9.17, 15) is 0 Å². The molecule has 0 amide bonds. The number of aromatic nitrogens is 4. The number of hydrogen-bond acceptors (Lipinski definition) is 4. The van der Waals surface area contributed by atoms with Crippen LogP contribution in [-0.4, -0.2) is 19.5 Å². The largest absolute Gasteiger partial charge is 0.456 e. The molecular weight excluding hydrogens is 865 g/mol. The van der Waals surface area contributed by atoms with E-state index in [1.807, 2.05) is 68.4 Å². The first kappa shape index (κ1) is 42.2. The summed E-state index contributed by atoms with van der Waals surface area (Å²) in [4.78, 5) is 15.5. The molecule has 1 aliphatic rings. The molecule has 1 aliphatic carbocycles. The number of fused-ring (bicyclic) bond motifs is 10. The maximum atomic E-state index is 6.33. The molecule has 3 aromatic heterocycles. The molecule has 0 N–H and O–H groups in total. The van der Waals surface area contributed by atoms with E-state index in [2.05, 4.69) is 182 Å². The molecule has 0 unspecified atom stereocenters. The third kappa shape index (κ3) is 6.87. The Bertz CT molecular complexity index is 4230. The summed E-state index contributed by atoms with van der Waals surface area (Å²) in [6.07, 6.45) is 0. The number of para-hydroxylation sites is 2. The van der Waals surface area contributed by atoms with E-state index in [1.54, 1.807) is 0 Å². The first-order valence-electron chi connectivity index (χ1n) is 24.6. The molecular formula is C66H48N4O. The lowest BCUT2D eigenvalue weighted by atomic mass is 9.82. The fourth-order valence-electron chi connectivity index (χ4n) is 11.0. The second kappa shape index (κ2) is 16.6. The monoisotopic (exact) mass is 912 g/mol. The first-order chi connectivity index (χ1) is 34.9. The summed E-state index contributed by atoms with van der Waals surface area (Å²) < 4.78 is 8.77. The molecule has 71 heavy (non-hydrogen) atoms. The van der Waals surface area contributed by atoms with Crippen LogP contribution in [0.2, 0.25) is 0 Å². The van der Waals surface area contributed by atoms with Crippen LogP contribution in [0.5, 0.6) is 0 Å². The summed E-state index contributed by atoms with van der Waals surface area (Å²) in [6, 6.07) is 78.2. The SMILES string of the molecule is CC.CC1(C)c2ccccc2-c2cc(-c3cccc(-c4cccc5c6cc7ccccc7cc6n(-c6cccc(-c7nc(-c8ccccc8)nc(-c8ccc9c(c8)oc8ccccc89)n7)c6)c45)c3)ccc21. The van der Waals surface area contributed by atoms with Crippen molar-refractivity contribution in [3.05, 3.63) is 230 Å². The normalized spacial score (nSPS) is 12.6. The minimum Gasteiger partial charge on any atom is -0.456 e. The zero-order valence-corrected chi connectivity index (χ0v) is 40.0. The maximum Gasteiger partial charge on any atom is 0.164 e. The van der Waals surface area contributed by atoms with Crippen molar-refractivity contribution in [2.24, 2.45) is 0 Å². The molecule has 0 atom stereocenters. The molecule has 5 nitrogen and oxygen atoms in total. The van der Waals surface area contributed by atoms with Gasteiger partial charge in [-0.1, -0.05) is 191 Å². The van der Waals surface area contributed by atoms with Crippen LogP contribution in [0, 0.1) is 0 Å². The summed E-state index contributed by atoms with van der Waals surface area (Å²) in [5.41, 5.74) is 17.6. The van der Waals surface area contributed by atoms with Crippen LogP contribution in [0.3, 0.4) is 0 Å². The van der Waals surface area contributed by atoms with Gasteiger partial charge in [-0.25, -0.2) is 15.0 Å². The Balaban J connectivity index is 0.00000243. The van der Waals surface area contributed by atoms with Gasteiger partial charge in [-0.05, 0) is 104 Å². The van der Waals surface area contributed by atoms with Gasteiger partial charge in [-0.3, -0.25) is 0 Å². The Kier molecular flexibility index (Phi) is 9.89. The zero-order chi connectivity index (χ0) is 47.8. The molecule has 0 spiro atoms. The van der Waals surface area contributed by atoms with Crippen molar-refractivity contribution >= 4 is 54.5 Å². The summed E-state index contributed by atoms with van der Waals surface area (Å²) in [5.74, 6) is 1.77. The molecule has 0 radical (unpaired) electrons. The number of rotatable bonds is 6. The van der Waals surface area contributed by atoms with Crippen LogP contribution in [-0.2, 0) is 5.41 Å². The molecule has 338 valence electrons. The van der Waals surface area contributed by atoms with Gasteiger partial charge in [-0.15, -0.1) is 0 Å². The molecule has 0 saturated heterocycles. The highest BCUT2D eigenvalue weighted by atomic mass is 16.3. The lowest BCUT2D eigenvalue weighted by molar-refractivity contribution is 0.660. The second-order valence-electron chi connectivity index (χ2n) is 18.8. The van der Waals surface area contributed by atoms with Crippen molar-refractivity contribution < 1.29 is 4.42 Å². The smallest absolute Gasteiger partial charge is 0.164 e. The van der Waals surface area contributed by atoms with Crippen LogP contribution >= 0.6 is 0 Å². The van der Waals surface area contributed by atoms with Crippen molar-refractivity contribution in [3.8, 4) is 73.2 Å². The minimum atomic E-state index is -0.0431. The molecule has 14 rings (SSSR count). The maximum absolute atomic E-state index is 6.33. The van der Waals surface area contributed by atoms with Crippen LogP contribution in [0.1, 0.15) is 38.8 Å². The highest BCUT2D eigenvalue weighted by Gasteiger charge is 2.35. The van der Waals surface area contributed by atoms with E-state index >= 15 is 0 Å². The van der Waals surface area contributed by atoms with Gasteiger partial charge in [0, 0.05) is 54.9 Å². The molecule has 0 bridgehead atoms. The number of furan rings is 1. The van der Waals surface area contributed by atoms with E-state index in [0.717, 1.165) is 66.5 Å². The number of benzene rings is 10. The van der Waals surface area contributed by atoms with Gasteiger partial charge in [0.15, 0.2) is 17.5 Å². The van der Waals surface area contributed by atoms with Gasteiger partial charge >= 0.3 is 0 Å². The molecule has 3 heterocycles. The highest BCUT2D eigenvalue weighted by Crippen LogP contribution is 2.50. The Morgan fingerprint density at radius 3 is 1.79 bits per heavy atom. The Hall–Kier alpha value is -8.93. The summed E-state index contributed by atoms with van der Waals surface area (Å²) >= 11 is 0. The first-order valence-corrected chi connectivity index (χ1v) is 24.6. The van der Waals surface area contributed by atoms with Crippen molar-refractivity contribution in [3.63, 3.8) is 0 Å². The Labute approximate surface area is 412 Å². The van der Waals surface area contributed by atoms with Gasteiger partial charge in [0.2, 0.25) is 0 Å².